The maximum absolute atomic E-state index is 10.9. The molecule has 5 N–H and O–H groups in total. The molecule has 0 radical (unpaired) electrons. The smallest absolute Gasteiger partial charge is 0.221 e. The van der Waals surface area contributed by atoms with Crippen molar-refractivity contribution in [3.8, 4) is 5.75 Å². The van der Waals surface area contributed by atoms with Gasteiger partial charge in [0.2, 0.25) is 5.91 Å². The van der Waals surface area contributed by atoms with Gasteiger partial charge in [0.25, 0.3) is 0 Å². The summed E-state index contributed by atoms with van der Waals surface area (Å²) < 4.78 is 10.4. The molecule has 22 heavy (non-hydrogen) atoms. The zero-order valence-corrected chi connectivity index (χ0v) is 11.9. The van der Waals surface area contributed by atoms with Gasteiger partial charge in [0, 0.05) is 12.6 Å². The Balaban J connectivity index is 2.04. The van der Waals surface area contributed by atoms with Crippen molar-refractivity contribution in [2.24, 2.45) is 0 Å². The number of nitrogens with one attached hydrogen (secondary N) is 1. The summed E-state index contributed by atoms with van der Waals surface area (Å²) in [5.41, 5.74) is 0.571. The maximum atomic E-state index is 10.9. The number of hydrogen-bond acceptors (Lipinski definition) is 7. The molecule has 0 aromatic heterocycles. The third-order valence-electron chi connectivity index (χ3n) is 3.29. The molecule has 1 aromatic rings. The van der Waals surface area contributed by atoms with Crippen molar-refractivity contribution >= 4 is 11.6 Å². The van der Waals surface area contributed by atoms with Crippen LogP contribution in [0.25, 0.3) is 0 Å². The van der Waals surface area contributed by atoms with E-state index >= 15 is 0 Å². The fourth-order valence-corrected chi connectivity index (χ4v) is 2.18. The van der Waals surface area contributed by atoms with E-state index in [9.17, 15) is 20.1 Å². The van der Waals surface area contributed by atoms with E-state index in [0.29, 0.717) is 11.4 Å². The standard InChI is InChI=1S/C14H19NO7/c1-7(17)15-8-2-4-9(5-3-8)21-13-12(19)11(18)10(6-16)22-14(13)20/h2-5,10-14,16,18-20H,6H2,1H3,(H,15,17)/t10-,11-,12+,13-,14?/m1/s1. The van der Waals surface area contributed by atoms with Crippen LogP contribution in [0.3, 0.4) is 0 Å². The summed E-state index contributed by atoms with van der Waals surface area (Å²) >= 11 is 0. The van der Waals surface area contributed by atoms with Gasteiger partial charge >= 0.3 is 0 Å². The molecule has 0 aliphatic carbocycles. The average Bonchev–Trinajstić information content (AvgIpc) is 2.48. The number of aliphatic hydroxyl groups excluding tert-OH is 4. The molecule has 1 amide bonds. The molecule has 1 fully saturated rings. The van der Waals surface area contributed by atoms with Gasteiger partial charge in [-0.15, -0.1) is 0 Å². The fourth-order valence-electron chi connectivity index (χ4n) is 2.18. The zero-order chi connectivity index (χ0) is 16.3. The molecule has 1 unspecified atom stereocenters. The number of anilines is 1. The maximum Gasteiger partial charge on any atom is 0.221 e. The molecule has 1 aromatic carbocycles. The van der Waals surface area contributed by atoms with Crippen LogP contribution in [0.2, 0.25) is 0 Å². The van der Waals surface area contributed by atoms with Gasteiger partial charge in [-0.3, -0.25) is 4.79 Å². The molecular weight excluding hydrogens is 294 g/mol. The third-order valence-corrected chi connectivity index (χ3v) is 3.29. The normalized spacial score (nSPS) is 31.6. The Kier molecular flexibility index (Phi) is 5.33. The van der Waals surface area contributed by atoms with E-state index in [-0.39, 0.29) is 5.91 Å². The quantitative estimate of drug-likeness (QED) is 0.473. The van der Waals surface area contributed by atoms with Crippen molar-refractivity contribution in [2.75, 3.05) is 11.9 Å². The molecule has 0 saturated carbocycles. The topological polar surface area (TPSA) is 128 Å². The number of hydrogen-bond donors (Lipinski definition) is 5. The molecule has 1 aliphatic rings. The number of aliphatic hydroxyl groups is 4. The molecule has 8 nitrogen and oxygen atoms in total. The molecule has 1 aliphatic heterocycles. The first kappa shape index (κ1) is 16.7. The largest absolute Gasteiger partial charge is 0.482 e. The van der Waals surface area contributed by atoms with Crippen LogP contribution in [-0.4, -0.2) is 63.6 Å². The van der Waals surface area contributed by atoms with Crippen LogP contribution in [0, 0.1) is 0 Å². The summed E-state index contributed by atoms with van der Waals surface area (Å²) in [5.74, 6) is 0.105. The minimum Gasteiger partial charge on any atom is -0.482 e. The fraction of sp³-hybridized carbons (Fsp3) is 0.500. The van der Waals surface area contributed by atoms with Gasteiger partial charge < -0.3 is 35.2 Å². The highest BCUT2D eigenvalue weighted by Gasteiger charge is 2.45. The van der Waals surface area contributed by atoms with E-state index in [2.05, 4.69) is 5.32 Å². The molecule has 1 saturated heterocycles. The minimum atomic E-state index is -1.49. The number of benzene rings is 1. The van der Waals surface area contributed by atoms with Crippen LogP contribution in [-0.2, 0) is 9.53 Å². The van der Waals surface area contributed by atoms with Gasteiger partial charge in [-0.05, 0) is 24.3 Å². The number of rotatable bonds is 4. The summed E-state index contributed by atoms with van der Waals surface area (Å²) in [4.78, 5) is 10.9. The van der Waals surface area contributed by atoms with E-state index in [1.165, 1.54) is 19.1 Å². The van der Waals surface area contributed by atoms with Crippen molar-refractivity contribution in [3.05, 3.63) is 24.3 Å². The van der Waals surface area contributed by atoms with Gasteiger partial charge in [-0.25, -0.2) is 0 Å². The molecule has 1 heterocycles. The van der Waals surface area contributed by atoms with Crippen molar-refractivity contribution in [3.63, 3.8) is 0 Å². The van der Waals surface area contributed by atoms with Crippen molar-refractivity contribution < 1.29 is 34.7 Å². The predicted molar refractivity (Wildman–Crippen MR) is 75.1 cm³/mol. The first-order valence-electron chi connectivity index (χ1n) is 6.77. The van der Waals surface area contributed by atoms with Crippen molar-refractivity contribution in [1.29, 1.82) is 0 Å². The first-order chi connectivity index (χ1) is 10.4. The highest BCUT2D eigenvalue weighted by molar-refractivity contribution is 5.88. The average molecular weight is 313 g/mol. The summed E-state index contributed by atoms with van der Waals surface area (Å²) in [6.45, 7) is 0.850. The van der Waals surface area contributed by atoms with Crippen LogP contribution in [0.4, 0.5) is 5.69 Å². The lowest BCUT2D eigenvalue weighted by Crippen LogP contribution is -2.60. The summed E-state index contributed by atoms with van der Waals surface area (Å²) in [7, 11) is 0. The van der Waals surface area contributed by atoms with Crippen LogP contribution >= 0.6 is 0 Å². The zero-order valence-electron chi connectivity index (χ0n) is 11.9. The summed E-state index contributed by atoms with van der Waals surface area (Å²) in [5, 5.41) is 41.1. The molecule has 8 heteroatoms. The van der Waals surface area contributed by atoms with Gasteiger partial charge in [0.15, 0.2) is 12.4 Å². The Morgan fingerprint density at radius 1 is 1.23 bits per heavy atom. The van der Waals surface area contributed by atoms with E-state index in [1.807, 2.05) is 0 Å². The molecule has 0 spiro atoms. The van der Waals surface area contributed by atoms with E-state index in [4.69, 9.17) is 14.6 Å². The lowest BCUT2D eigenvalue weighted by atomic mass is 9.99. The van der Waals surface area contributed by atoms with Crippen molar-refractivity contribution in [1.82, 2.24) is 0 Å². The van der Waals surface area contributed by atoms with Gasteiger partial charge in [0.05, 0.1) is 6.61 Å². The van der Waals surface area contributed by atoms with Crippen LogP contribution in [0.5, 0.6) is 5.75 Å². The summed E-state index contributed by atoms with van der Waals surface area (Å²) in [6.07, 6.45) is -6.57. The highest BCUT2D eigenvalue weighted by atomic mass is 16.7. The highest BCUT2D eigenvalue weighted by Crippen LogP contribution is 2.25. The minimum absolute atomic E-state index is 0.210. The Bertz CT molecular complexity index is 506. The van der Waals surface area contributed by atoms with Crippen LogP contribution < -0.4 is 10.1 Å². The second kappa shape index (κ2) is 7.03. The lowest BCUT2D eigenvalue weighted by molar-refractivity contribution is -0.280. The van der Waals surface area contributed by atoms with E-state index in [0.717, 1.165) is 0 Å². The number of carbonyl (C=O) groups excluding carboxylic acids is 1. The first-order valence-corrected chi connectivity index (χ1v) is 6.77. The Labute approximate surface area is 126 Å². The Morgan fingerprint density at radius 3 is 2.41 bits per heavy atom. The number of carbonyl (C=O) groups is 1. The van der Waals surface area contributed by atoms with Gasteiger partial charge in [-0.1, -0.05) is 0 Å². The molecule has 5 atom stereocenters. The number of ether oxygens (including phenoxy) is 2. The third kappa shape index (κ3) is 3.73. The van der Waals surface area contributed by atoms with Gasteiger partial charge in [-0.2, -0.15) is 0 Å². The SMILES string of the molecule is CC(=O)Nc1ccc(O[C@H]2C(O)O[C@H](CO)[C@@H](O)[C@@H]2O)cc1. The van der Waals surface area contributed by atoms with Gasteiger partial charge in [0.1, 0.15) is 24.1 Å². The lowest BCUT2D eigenvalue weighted by Gasteiger charge is -2.39. The van der Waals surface area contributed by atoms with Crippen LogP contribution in [0.1, 0.15) is 6.92 Å². The van der Waals surface area contributed by atoms with E-state index in [1.54, 1.807) is 12.1 Å². The van der Waals surface area contributed by atoms with Crippen LogP contribution in [0.15, 0.2) is 24.3 Å². The second-order valence-corrected chi connectivity index (χ2v) is 5.02. The van der Waals surface area contributed by atoms with Crippen molar-refractivity contribution in [2.45, 2.75) is 37.6 Å². The number of amides is 1. The predicted octanol–water partition coefficient (Wildman–Crippen LogP) is -1.18. The molecule has 2 rings (SSSR count). The molecule has 0 bridgehead atoms. The molecular formula is C14H19NO7. The summed E-state index contributed by atoms with van der Waals surface area (Å²) in [6, 6.07) is 6.25. The monoisotopic (exact) mass is 313 g/mol. The Morgan fingerprint density at radius 2 is 1.86 bits per heavy atom. The second-order valence-electron chi connectivity index (χ2n) is 5.02. The Hall–Kier alpha value is -1.71. The van der Waals surface area contributed by atoms with E-state index < -0.39 is 37.3 Å². The molecule has 122 valence electrons.